The molecule has 10 heteroatoms. The summed E-state index contributed by atoms with van der Waals surface area (Å²) < 4.78 is 24.3. The predicted molar refractivity (Wildman–Crippen MR) is 140 cm³/mol. The normalized spacial score (nSPS) is 13.5. The number of nitrogens with one attached hydrogen (secondary N) is 1. The minimum absolute atomic E-state index is 0.0179. The van der Waals surface area contributed by atoms with Gasteiger partial charge in [0.1, 0.15) is 25.4 Å². The molecule has 0 bridgehead atoms. The minimum atomic E-state index is -0.730. The van der Waals surface area contributed by atoms with Crippen LogP contribution >= 0.6 is 0 Å². The first kappa shape index (κ1) is 26.8. The average molecular weight is 523 g/mol. The molecule has 1 saturated heterocycles. The molecule has 0 spiro atoms. The lowest BCUT2D eigenvalue weighted by molar-refractivity contribution is -0.121. The van der Waals surface area contributed by atoms with Crippen LogP contribution in [-0.2, 0) is 27.5 Å². The summed E-state index contributed by atoms with van der Waals surface area (Å²) in [4.78, 5) is 45.5. The first-order chi connectivity index (χ1) is 18.1. The Hall–Kier alpha value is -4.21. The van der Waals surface area contributed by atoms with E-state index in [0.29, 0.717) is 35.2 Å². The van der Waals surface area contributed by atoms with E-state index in [1.165, 1.54) is 16.0 Å². The molecule has 0 atom stereocenters. The van der Waals surface area contributed by atoms with Crippen molar-refractivity contribution in [1.29, 1.82) is 0 Å². The fraction of sp³-hybridized carbons (Fsp3) is 0.357. The van der Waals surface area contributed by atoms with E-state index in [1.807, 2.05) is 30.3 Å². The second kappa shape index (κ2) is 11.5. The van der Waals surface area contributed by atoms with Gasteiger partial charge in [-0.1, -0.05) is 36.4 Å². The summed E-state index contributed by atoms with van der Waals surface area (Å²) in [6.45, 7) is 4.96. The second-order valence-electron chi connectivity index (χ2n) is 10.1. The van der Waals surface area contributed by atoms with Crippen molar-refractivity contribution in [2.45, 2.75) is 45.7 Å². The Kier molecular flexibility index (Phi) is 8.09. The van der Waals surface area contributed by atoms with Crippen LogP contribution < -0.4 is 10.2 Å². The van der Waals surface area contributed by atoms with Gasteiger partial charge in [0.05, 0.1) is 17.2 Å². The third-order valence-corrected chi connectivity index (χ3v) is 5.85. The number of alkyl halides is 1. The molecule has 200 valence electrons. The summed E-state index contributed by atoms with van der Waals surface area (Å²) in [6, 6.07) is 15.4. The van der Waals surface area contributed by atoms with Gasteiger partial charge in [-0.15, -0.1) is 0 Å². The molecule has 1 fully saturated rings. The highest BCUT2D eigenvalue weighted by molar-refractivity contribution is 6.03. The summed E-state index contributed by atoms with van der Waals surface area (Å²) in [5.41, 5.74) is 1.53. The van der Waals surface area contributed by atoms with Crippen molar-refractivity contribution in [2.75, 3.05) is 24.5 Å². The number of pyridine rings is 1. The van der Waals surface area contributed by atoms with Crippen molar-refractivity contribution in [2.24, 2.45) is 0 Å². The lowest BCUT2D eigenvalue weighted by Gasteiger charge is -2.40. The monoisotopic (exact) mass is 522 g/mol. The van der Waals surface area contributed by atoms with Gasteiger partial charge in [0.15, 0.2) is 0 Å². The largest absolute Gasteiger partial charge is 0.444 e. The van der Waals surface area contributed by atoms with E-state index >= 15 is 0 Å². The maximum Gasteiger partial charge on any atom is 0.415 e. The molecule has 0 aliphatic carbocycles. The number of amides is 3. The smallest absolute Gasteiger partial charge is 0.415 e. The number of halogens is 1. The van der Waals surface area contributed by atoms with Crippen LogP contribution in [0.25, 0.3) is 10.9 Å². The number of benzene rings is 2. The molecule has 0 saturated carbocycles. The summed E-state index contributed by atoms with van der Waals surface area (Å²) >= 11 is 0. The van der Waals surface area contributed by atoms with Gasteiger partial charge in [0, 0.05) is 24.7 Å². The van der Waals surface area contributed by atoms with Gasteiger partial charge in [0.25, 0.3) is 0 Å². The number of hydrogen-bond acceptors (Lipinski definition) is 6. The Morgan fingerprint density at radius 3 is 2.50 bits per heavy atom. The van der Waals surface area contributed by atoms with Gasteiger partial charge in [-0.3, -0.25) is 14.7 Å². The Morgan fingerprint density at radius 2 is 1.82 bits per heavy atom. The number of likely N-dealkylation sites (tertiary alicyclic amines) is 1. The maximum atomic E-state index is 13.4. The van der Waals surface area contributed by atoms with Gasteiger partial charge in [-0.25, -0.2) is 14.0 Å². The molecule has 0 unspecified atom stereocenters. The molecule has 3 aromatic rings. The van der Waals surface area contributed by atoms with Crippen molar-refractivity contribution in [3.05, 3.63) is 71.9 Å². The molecule has 38 heavy (non-hydrogen) atoms. The topological polar surface area (TPSA) is 101 Å². The first-order valence-electron chi connectivity index (χ1n) is 12.3. The molecule has 1 N–H and O–H groups in total. The molecule has 2 heterocycles. The molecule has 1 aromatic heterocycles. The zero-order valence-corrected chi connectivity index (χ0v) is 21.6. The second-order valence-corrected chi connectivity index (χ2v) is 10.1. The van der Waals surface area contributed by atoms with E-state index in [4.69, 9.17) is 9.47 Å². The maximum absolute atomic E-state index is 13.4. The summed E-state index contributed by atoms with van der Waals surface area (Å²) in [6.07, 6.45) is 0.347. The Bertz CT molecular complexity index is 1310. The number of ether oxygens (including phenoxy) is 2. The molecular formula is C28H31FN4O5. The van der Waals surface area contributed by atoms with Gasteiger partial charge in [-0.05, 0) is 50.1 Å². The molecule has 3 amide bonds. The van der Waals surface area contributed by atoms with Gasteiger partial charge >= 0.3 is 12.2 Å². The number of hydrogen-bond donors (Lipinski definition) is 1. The number of anilines is 1. The van der Waals surface area contributed by atoms with Crippen LogP contribution in [0.5, 0.6) is 0 Å². The fourth-order valence-corrected chi connectivity index (χ4v) is 4.01. The first-order valence-corrected chi connectivity index (χ1v) is 12.3. The molecule has 1 aliphatic rings. The van der Waals surface area contributed by atoms with Crippen LogP contribution in [0, 0.1) is 0 Å². The van der Waals surface area contributed by atoms with Crippen LogP contribution in [-0.4, -0.2) is 59.3 Å². The lowest BCUT2D eigenvalue weighted by atomic mass is 10.1. The van der Waals surface area contributed by atoms with Crippen LogP contribution in [0.3, 0.4) is 0 Å². The molecule has 1 aliphatic heterocycles. The Labute approximate surface area is 220 Å². The standard InChI is InChI=1S/C28H31FN4O5/c1-28(2,3)38-26(35)32-15-21(16-32)31-25(34)17-33(27(36)37-18-19-7-5-4-6-8-19)24-11-12-30-23-10-9-20(14-29)13-22(23)24/h4-13,21H,14-18H2,1-3H3,(H,31,34). The van der Waals surface area contributed by atoms with Crippen molar-refractivity contribution < 1.29 is 28.2 Å². The van der Waals surface area contributed by atoms with Crippen molar-refractivity contribution in [1.82, 2.24) is 15.2 Å². The molecule has 2 aromatic carbocycles. The number of rotatable bonds is 7. The molecular weight excluding hydrogens is 491 g/mol. The number of carbonyl (C=O) groups is 3. The number of nitrogens with zero attached hydrogens (tertiary/aromatic N) is 3. The summed E-state index contributed by atoms with van der Waals surface area (Å²) in [5, 5.41) is 3.37. The number of fused-ring (bicyclic) bond motifs is 1. The molecule has 9 nitrogen and oxygen atoms in total. The quantitative estimate of drug-likeness (QED) is 0.487. The Morgan fingerprint density at radius 1 is 1.08 bits per heavy atom. The van der Waals surface area contributed by atoms with E-state index < -0.39 is 30.4 Å². The highest BCUT2D eigenvalue weighted by Crippen LogP contribution is 2.28. The fourth-order valence-electron chi connectivity index (χ4n) is 4.01. The summed E-state index contributed by atoms with van der Waals surface area (Å²) in [5.74, 6) is -0.429. The van der Waals surface area contributed by atoms with Crippen LogP contribution in [0.4, 0.5) is 19.7 Å². The van der Waals surface area contributed by atoms with Crippen molar-refractivity contribution in [3.63, 3.8) is 0 Å². The van der Waals surface area contributed by atoms with E-state index in [2.05, 4.69) is 10.3 Å². The molecule has 0 radical (unpaired) electrons. The van der Waals surface area contributed by atoms with Gasteiger partial charge in [-0.2, -0.15) is 0 Å². The zero-order valence-electron chi connectivity index (χ0n) is 21.6. The number of aromatic nitrogens is 1. The third-order valence-electron chi connectivity index (χ3n) is 5.85. The molecule has 4 rings (SSSR count). The highest BCUT2D eigenvalue weighted by Gasteiger charge is 2.35. The predicted octanol–water partition coefficient (Wildman–Crippen LogP) is 4.58. The number of carbonyl (C=O) groups excluding carboxylic acids is 3. The van der Waals surface area contributed by atoms with E-state index in [-0.39, 0.29) is 19.2 Å². The van der Waals surface area contributed by atoms with Gasteiger partial charge in [0.2, 0.25) is 5.91 Å². The van der Waals surface area contributed by atoms with E-state index in [1.54, 1.807) is 45.0 Å². The third kappa shape index (κ3) is 6.76. The average Bonchev–Trinajstić information content (AvgIpc) is 2.86. The van der Waals surface area contributed by atoms with Crippen LogP contribution in [0.1, 0.15) is 31.9 Å². The lowest BCUT2D eigenvalue weighted by Crippen LogP contribution is -2.62. The summed E-state index contributed by atoms with van der Waals surface area (Å²) in [7, 11) is 0. The SMILES string of the molecule is CC(C)(C)OC(=O)N1CC(NC(=O)CN(C(=O)OCc2ccccc2)c2ccnc3ccc(CF)cc23)C1. The van der Waals surface area contributed by atoms with E-state index in [9.17, 15) is 18.8 Å². The Balaban J connectivity index is 1.49. The minimum Gasteiger partial charge on any atom is -0.444 e. The van der Waals surface area contributed by atoms with Gasteiger partial charge < -0.3 is 19.7 Å². The van der Waals surface area contributed by atoms with E-state index in [0.717, 1.165) is 5.56 Å². The van der Waals surface area contributed by atoms with Crippen LogP contribution in [0.2, 0.25) is 0 Å². The van der Waals surface area contributed by atoms with Crippen molar-refractivity contribution >= 4 is 34.7 Å². The van der Waals surface area contributed by atoms with Crippen molar-refractivity contribution in [3.8, 4) is 0 Å². The highest BCUT2D eigenvalue weighted by atomic mass is 19.1. The van der Waals surface area contributed by atoms with Crippen LogP contribution in [0.15, 0.2) is 60.8 Å². The zero-order chi connectivity index (χ0) is 27.3.